The molecule has 1 aliphatic heterocycles. The van der Waals surface area contributed by atoms with Gasteiger partial charge in [0.1, 0.15) is 4.99 Å². The van der Waals surface area contributed by atoms with E-state index in [1.54, 1.807) is 12.1 Å². The lowest BCUT2D eigenvalue weighted by molar-refractivity contribution is 0.0590. The fourth-order valence-corrected chi connectivity index (χ4v) is 4.78. The highest BCUT2D eigenvalue weighted by atomic mass is 127. The summed E-state index contributed by atoms with van der Waals surface area (Å²) < 4.78 is 14.5. The maximum Gasteiger partial charge on any atom is 0.338 e. The van der Waals surface area contributed by atoms with E-state index in [4.69, 9.17) is 37.6 Å². The molecule has 42 heavy (non-hydrogen) atoms. The van der Waals surface area contributed by atoms with Crippen molar-refractivity contribution in [2.75, 3.05) is 38.6 Å². The van der Waals surface area contributed by atoms with Crippen molar-refractivity contribution in [2.24, 2.45) is 5.73 Å². The van der Waals surface area contributed by atoms with Gasteiger partial charge >= 0.3 is 11.9 Å². The predicted octanol–water partition coefficient (Wildman–Crippen LogP) is 7.98. The van der Waals surface area contributed by atoms with Gasteiger partial charge in [0.15, 0.2) is 0 Å². The van der Waals surface area contributed by atoms with Crippen LogP contribution in [0, 0.1) is 19.3 Å². The second kappa shape index (κ2) is 20.8. The van der Waals surface area contributed by atoms with Gasteiger partial charge in [-0.15, -0.1) is 11.8 Å². The fraction of sp³-hybridized carbons (Fsp3) is 0.500. The van der Waals surface area contributed by atoms with E-state index in [1.165, 1.54) is 38.8 Å². The number of benzene rings is 2. The molecule has 0 radical (unpaired) electrons. The Morgan fingerprint density at radius 2 is 1.24 bits per heavy atom. The van der Waals surface area contributed by atoms with Crippen molar-refractivity contribution in [1.82, 2.24) is 0 Å². The van der Waals surface area contributed by atoms with Crippen LogP contribution >= 0.6 is 46.6 Å². The zero-order valence-corrected chi connectivity index (χ0v) is 30.4. The van der Waals surface area contributed by atoms with Crippen LogP contribution in [0.3, 0.4) is 0 Å². The Kier molecular flexibility index (Phi) is 19.8. The van der Waals surface area contributed by atoms with Crippen LogP contribution in [-0.2, 0) is 14.2 Å². The summed E-state index contributed by atoms with van der Waals surface area (Å²) in [5, 5.41) is 8.37. The number of ether oxygens (including phenoxy) is 3. The largest absolute Gasteiger partial charge is 0.465 e. The van der Waals surface area contributed by atoms with E-state index in [-0.39, 0.29) is 23.8 Å². The lowest BCUT2D eigenvalue weighted by Crippen LogP contribution is -2.15. The quantitative estimate of drug-likeness (QED) is 0.0769. The Morgan fingerprint density at radius 3 is 1.52 bits per heavy atom. The second-order valence-electron chi connectivity index (χ2n) is 10.0. The maximum absolute atomic E-state index is 11.8. The van der Waals surface area contributed by atoms with E-state index in [2.05, 4.69) is 22.6 Å². The van der Waals surface area contributed by atoms with Gasteiger partial charge in [0.2, 0.25) is 0 Å². The van der Waals surface area contributed by atoms with Crippen molar-refractivity contribution in [2.45, 2.75) is 66.2 Å². The van der Waals surface area contributed by atoms with Crippen molar-refractivity contribution in [3.8, 4) is 0 Å². The number of nitrogens with one attached hydrogen (secondary N) is 1. The first kappa shape index (κ1) is 40.0. The standard InChI is InChI=1S/C14H19NO2S.C13H17NO2S.C4H8O.CH3I/c1-8(2)10-6-9(3)11(13(15)18-5)7-12(10)14(16)17-4;1-7(2)9-5-8(3)10(12(14)17)6-11(9)13(15)16-4;1-2-4-5-3-1;1-2/h6-8,15H,1-5H3;5-7H,1-4H3,(H2,14,17);1-4H2;1H3. The molecular formula is C32H47IN2O5S2. The molecular weight excluding hydrogens is 683 g/mol. The monoisotopic (exact) mass is 730 g/mol. The highest BCUT2D eigenvalue weighted by molar-refractivity contribution is 14.1. The summed E-state index contributed by atoms with van der Waals surface area (Å²) in [5.41, 5.74) is 12.2. The number of nitrogens with two attached hydrogens (primary N) is 1. The van der Waals surface area contributed by atoms with Crippen LogP contribution < -0.4 is 5.73 Å². The molecule has 0 unspecified atom stereocenters. The molecule has 1 aliphatic rings. The Labute approximate surface area is 275 Å². The van der Waals surface area contributed by atoms with Crippen LogP contribution in [0.2, 0.25) is 0 Å². The molecule has 1 fully saturated rings. The lowest BCUT2D eigenvalue weighted by Gasteiger charge is -2.15. The Bertz CT molecular complexity index is 1200. The zero-order valence-electron chi connectivity index (χ0n) is 26.6. The molecule has 2 aromatic carbocycles. The van der Waals surface area contributed by atoms with E-state index in [9.17, 15) is 9.59 Å². The second-order valence-corrected chi connectivity index (χ2v) is 11.3. The molecule has 234 valence electrons. The summed E-state index contributed by atoms with van der Waals surface area (Å²) in [6.07, 6.45) is 4.41. The Hall–Kier alpha value is -2.02. The van der Waals surface area contributed by atoms with Crippen LogP contribution in [0.15, 0.2) is 24.3 Å². The van der Waals surface area contributed by atoms with Gasteiger partial charge < -0.3 is 19.9 Å². The normalized spacial score (nSPS) is 11.7. The molecule has 3 N–H and O–H groups in total. The molecule has 1 heterocycles. The molecule has 0 saturated carbocycles. The molecule has 2 aromatic rings. The summed E-state index contributed by atoms with van der Waals surface area (Å²) in [4.78, 5) is 25.8. The minimum absolute atomic E-state index is 0.239. The molecule has 10 heteroatoms. The van der Waals surface area contributed by atoms with Crippen LogP contribution in [0.4, 0.5) is 0 Å². The molecule has 1 saturated heterocycles. The Morgan fingerprint density at radius 1 is 0.857 bits per heavy atom. The number of thiocarbonyl (C=S) groups is 1. The number of carbonyl (C=O) groups is 2. The summed E-state index contributed by atoms with van der Waals surface area (Å²) in [6, 6.07) is 7.43. The lowest BCUT2D eigenvalue weighted by atomic mass is 9.92. The summed E-state index contributed by atoms with van der Waals surface area (Å²) in [7, 11) is 2.75. The van der Waals surface area contributed by atoms with Crippen LogP contribution in [0.1, 0.15) is 106 Å². The van der Waals surface area contributed by atoms with Gasteiger partial charge in [0, 0.05) is 24.3 Å². The van der Waals surface area contributed by atoms with E-state index >= 15 is 0 Å². The van der Waals surface area contributed by atoms with Crippen molar-refractivity contribution in [3.05, 3.63) is 68.8 Å². The van der Waals surface area contributed by atoms with E-state index < -0.39 is 0 Å². The maximum atomic E-state index is 11.8. The van der Waals surface area contributed by atoms with Crippen molar-refractivity contribution in [1.29, 1.82) is 5.41 Å². The molecule has 3 rings (SSSR count). The summed E-state index contributed by atoms with van der Waals surface area (Å²) in [5.74, 6) is -0.210. The molecule has 0 spiro atoms. The number of carbonyl (C=O) groups excluding carboxylic acids is 2. The van der Waals surface area contributed by atoms with Gasteiger partial charge in [-0.05, 0) is 84.1 Å². The van der Waals surface area contributed by atoms with Gasteiger partial charge in [0.05, 0.1) is 30.4 Å². The van der Waals surface area contributed by atoms with Crippen molar-refractivity contribution < 1.29 is 23.8 Å². The topological polar surface area (TPSA) is 112 Å². The average molecular weight is 731 g/mol. The Balaban J connectivity index is 0.000000652. The first-order valence-electron chi connectivity index (χ1n) is 13.6. The molecule has 0 atom stereocenters. The third kappa shape index (κ3) is 12.3. The van der Waals surface area contributed by atoms with Gasteiger partial charge in [-0.2, -0.15) is 0 Å². The van der Waals surface area contributed by atoms with Crippen LogP contribution in [-0.4, -0.2) is 60.6 Å². The summed E-state index contributed by atoms with van der Waals surface area (Å²) in [6.45, 7) is 14.0. The number of rotatable bonds is 6. The predicted molar refractivity (Wildman–Crippen MR) is 189 cm³/mol. The highest BCUT2D eigenvalue weighted by Crippen LogP contribution is 2.27. The molecule has 0 aromatic heterocycles. The van der Waals surface area contributed by atoms with Gasteiger partial charge in [0.25, 0.3) is 0 Å². The number of hydrogen-bond acceptors (Lipinski definition) is 8. The van der Waals surface area contributed by atoms with Gasteiger partial charge in [-0.3, -0.25) is 5.41 Å². The van der Waals surface area contributed by atoms with E-state index in [0.29, 0.717) is 21.2 Å². The third-order valence-corrected chi connectivity index (χ3v) is 7.24. The number of hydrogen-bond donors (Lipinski definition) is 2. The molecule has 0 bridgehead atoms. The first-order valence-corrected chi connectivity index (χ1v) is 17.4. The van der Waals surface area contributed by atoms with E-state index in [1.807, 2.05) is 64.9 Å². The number of methoxy groups -OCH3 is 2. The van der Waals surface area contributed by atoms with Crippen LogP contribution in [0.25, 0.3) is 0 Å². The SMILES string of the molecule is C1CCOC1.CI.COC(=O)c1cc(C(=N)SC)c(C)cc1C(C)C.COC(=O)c1cc(C(N)=S)c(C)cc1C(C)C. The fourth-order valence-electron chi connectivity index (χ4n) is 4.12. The molecule has 0 amide bonds. The minimum atomic E-state index is -0.355. The van der Waals surface area contributed by atoms with E-state index in [0.717, 1.165) is 46.6 Å². The van der Waals surface area contributed by atoms with Gasteiger partial charge in [-0.1, -0.05) is 74.6 Å². The zero-order chi connectivity index (χ0) is 32.6. The number of aryl methyl sites for hydroxylation is 2. The average Bonchev–Trinajstić information content (AvgIpc) is 3.57. The number of esters is 2. The number of alkyl halides is 1. The number of halogens is 1. The highest BCUT2D eigenvalue weighted by Gasteiger charge is 2.19. The molecule has 7 nitrogen and oxygen atoms in total. The molecule has 0 aliphatic carbocycles. The smallest absolute Gasteiger partial charge is 0.338 e. The summed E-state index contributed by atoms with van der Waals surface area (Å²) >= 11 is 8.48. The van der Waals surface area contributed by atoms with Crippen LogP contribution in [0.5, 0.6) is 0 Å². The minimum Gasteiger partial charge on any atom is -0.465 e. The van der Waals surface area contributed by atoms with Gasteiger partial charge in [-0.25, -0.2) is 9.59 Å². The first-order chi connectivity index (χ1) is 19.8. The third-order valence-electron chi connectivity index (χ3n) is 6.39. The van der Waals surface area contributed by atoms with Crippen molar-refractivity contribution in [3.63, 3.8) is 0 Å². The number of thioether (sulfide) groups is 1. The van der Waals surface area contributed by atoms with Crippen molar-refractivity contribution >= 4 is 68.5 Å².